The normalized spacial score (nSPS) is 43.5. The third kappa shape index (κ3) is 3.69. The number of rotatable bonds is 3. The number of amides is 1. The molecule has 3 unspecified atom stereocenters. The molecule has 4 aliphatic carbocycles. The average Bonchev–Trinajstić information content (AvgIpc) is 2.72. The van der Waals surface area contributed by atoms with Crippen molar-refractivity contribution in [1.29, 1.82) is 0 Å². The summed E-state index contributed by atoms with van der Waals surface area (Å²) in [6.45, 7) is 9.83. The van der Waals surface area contributed by atoms with Crippen molar-refractivity contribution in [3.8, 4) is 0 Å². The van der Waals surface area contributed by atoms with Gasteiger partial charge in [-0.25, -0.2) is 0 Å². The van der Waals surface area contributed by atoms with Gasteiger partial charge < -0.3 is 4.90 Å². The molecule has 0 bridgehead atoms. The van der Waals surface area contributed by atoms with Gasteiger partial charge in [-0.05, 0) is 92.8 Å². The quantitative estimate of drug-likeness (QED) is 0.495. The van der Waals surface area contributed by atoms with Gasteiger partial charge in [0, 0.05) is 18.5 Å². The van der Waals surface area contributed by atoms with Crippen LogP contribution in [-0.2, 0) is 4.79 Å². The van der Waals surface area contributed by atoms with E-state index in [4.69, 9.17) is 0 Å². The maximum absolute atomic E-state index is 13.9. The van der Waals surface area contributed by atoms with Crippen molar-refractivity contribution in [2.75, 3.05) is 7.05 Å². The molecule has 1 amide bonds. The Morgan fingerprint density at radius 2 is 1.62 bits per heavy atom. The van der Waals surface area contributed by atoms with Gasteiger partial charge in [0.05, 0.1) is 0 Å². The predicted octanol–water partition coefficient (Wildman–Crippen LogP) is 7.07. The number of hydrogen-bond donors (Lipinski definition) is 0. The number of hydrogen-bond acceptors (Lipinski definition) is 1. The van der Waals surface area contributed by atoms with Crippen LogP contribution in [0, 0.1) is 40.4 Å². The first kappa shape index (κ1) is 21.7. The SMILES string of the molecule is CC(C)C1CC[C@H]2C(CCC3[C@](C)(C(=O)N(C)C4CCCCC4)CCC[C@@]32C)C1. The van der Waals surface area contributed by atoms with Crippen LogP contribution >= 0.6 is 0 Å². The summed E-state index contributed by atoms with van der Waals surface area (Å²) in [7, 11) is 2.13. The highest BCUT2D eigenvalue weighted by molar-refractivity contribution is 5.83. The van der Waals surface area contributed by atoms with Crippen LogP contribution in [0.1, 0.15) is 111 Å². The summed E-state index contributed by atoms with van der Waals surface area (Å²) >= 11 is 0. The van der Waals surface area contributed by atoms with E-state index in [2.05, 4.69) is 39.6 Å². The van der Waals surface area contributed by atoms with Crippen LogP contribution in [0.15, 0.2) is 0 Å². The zero-order valence-corrected chi connectivity index (χ0v) is 20.0. The molecule has 0 saturated heterocycles. The van der Waals surface area contributed by atoms with Crippen LogP contribution < -0.4 is 0 Å². The minimum Gasteiger partial charge on any atom is -0.342 e. The van der Waals surface area contributed by atoms with Gasteiger partial charge in [0.2, 0.25) is 5.91 Å². The lowest BCUT2D eigenvalue weighted by atomic mass is 9.43. The molecule has 4 saturated carbocycles. The molecule has 166 valence electrons. The van der Waals surface area contributed by atoms with Gasteiger partial charge >= 0.3 is 0 Å². The lowest BCUT2D eigenvalue weighted by molar-refractivity contribution is -0.168. The summed E-state index contributed by atoms with van der Waals surface area (Å²) in [5.74, 6) is 4.65. The minimum atomic E-state index is -0.126. The third-order valence-electron chi connectivity index (χ3n) is 10.5. The molecule has 4 aliphatic rings. The largest absolute Gasteiger partial charge is 0.342 e. The fourth-order valence-electron chi connectivity index (χ4n) is 8.77. The standard InChI is InChI=1S/C27H47NO/c1-19(2)20-12-14-23-21(18-20)13-15-24-26(23,3)16-9-17-27(24,4)25(29)28(5)22-10-7-6-8-11-22/h19-24H,6-18H2,1-5H3/t20?,21?,23-,24?,26+,27+/m0/s1. The first-order valence-corrected chi connectivity index (χ1v) is 13.0. The monoisotopic (exact) mass is 401 g/mol. The molecule has 0 aliphatic heterocycles. The number of fused-ring (bicyclic) bond motifs is 3. The van der Waals surface area contributed by atoms with Gasteiger partial charge in [-0.1, -0.05) is 53.4 Å². The fraction of sp³-hybridized carbons (Fsp3) is 0.963. The highest BCUT2D eigenvalue weighted by atomic mass is 16.2. The van der Waals surface area contributed by atoms with Crippen molar-refractivity contribution in [3.63, 3.8) is 0 Å². The van der Waals surface area contributed by atoms with E-state index in [-0.39, 0.29) is 5.41 Å². The molecular formula is C27H47NO. The lowest BCUT2D eigenvalue weighted by Gasteiger charge is -2.62. The summed E-state index contributed by atoms with van der Waals surface area (Å²) < 4.78 is 0. The predicted molar refractivity (Wildman–Crippen MR) is 122 cm³/mol. The summed E-state index contributed by atoms with van der Waals surface area (Å²) in [6, 6.07) is 0.499. The van der Waals surface area contributed by atoms with Crippen LogP contribution in [-0.4, -0.2) is 23.9 Å². The Hall–Kier alpha value is -0.530. The molecular weight excluding hydrogens is 354 g/mol. The molecule has 0 spiro atoms. The van der Waals surface area contributed by atoms with Crippen molar-refractivity contribution in [2.24, 2.45) is 40.4 Å². The van der Waals surface area contributed by atoms with Gasteiger partial charge in [0.1, 0.15) is 0 Å². The Bertz CT molecular complexity index is 593. The first-order valence-electron chi connectivity index (χ1n) is 13.0. The molecule has 0 heterocycles. The maximum Gasteiger partial charge on any atom is 0.228 e. The zero-order chi connectivity index (χ0) is 20.8. The van der Waals surface area contributed by atoms with Crippen LogP contribution in [0.3, 0.4) is 0 Å². The van der Waals surface area contributed by atoms with Crippen LogP contribution in [0.25, 0.3) is 0 Å². The molecule has 0 N–H and O–H groups in total. The topological polar surface area (TPSA) is 20.3 Å². The van der Waals surface area contributed by atoms with E-state index in [9.17, 15) is 4.79 Å². The van der Waals surface area contributed by atoms with Gasteiger partial charge in [0.25, 0.3) is 0 Å². The van der Waals surface area contributed by atoms with Crippen LogP contribution in [0.2, 0.25) is 0 Å². The second-order valence-electron chi connectivity index (χ2n) is 12.3. The second kappa shape index (κ2) is 8.19. The van der Waals surface area contributed by atoms with E-state index in [0.29, 0.717) is 23.3 Å². The van der Waals surface area contributed by atoms with E-state index in [1.807, 2.05) is 0 Å². The summed E-state index contributed by atoms with van der Waals surface area (Å²) in [5.41, 5.74) is 0.264. The average molecular weight is 402 g/mol. The van der Waals surface area contributed by atoms with E-state index in [1.54, 1.807) is 0 Å². The van der Waals surface area contributed by atoms with Crippen molar-refractivity contribution in [2.45, 2.75) is 117 Å². The number of carbonyl (C=O) groups is 1. The molecule has 2 nitrogen and oxygen atoms in total. The van der Waals surface area contributed by atoms with Crippen LogP contribution in [0.5, 0.6) is 0 Å². The smallest absolute Gasteiger partial charge is 0.228 e. The molecule has 0 aromatic carbocycles. The molecule has 0 radical (unpaired) electrons. The number of carbonyl (C=O) groups excluding carboxylic acids is 1. The maximum atomic E-state index is 13.9. The van der Waals surface area contributed by atoms with Gasteiger partial charge in [-0.15, -0.1) is 0 Å². The van der Waals surface area contributed by atoms with Gasteiger partial charge in [-0.3, -0.25) is 4.79 Å². The Morgan fingerprint density at radius 3 is 2.31 bits per heavy atom. The van der Waals surface area contributed by atoms with Crippen molar-refractivity contribution >= 4 is 5.91 Å². The Kier molecular flexibility index (Phi) is 6.13. The minimum absolute atomic E-state index is 0.126. The Labute approximate surface area is 180 Å². The Balaban J connectivity index is 1.54. The highest BCUT2D eigenvalue weighted by Crippen LogP contribution is 2.64. The molecule has 0 aromatic rings. The van der Waals surface area contributed by atoms with Crippen molar-refractivity contribution in [3.05, 3.63) is 0 Å². The van der Waals surface area contributed by atoms with Gasteiger partial charge in [0.15, 0.2) is 0 Å². The summed E-state index contributed by atoms with van der Waals surface area (Å²) in [5, 5.41) is 0. The molecule has 2 heteroatoms. The fourth-order valence-corrected chi connectivity index (χ4v) is 8.77. The van der Waals surface area contributed by atoms with E-state index in [1.165, 1.54) is 77.0 Å². The van der Waals surface area contributed by atoms with Crippen LogP contribution in [0.4, 0.5) is 0 Å². The van der Waals surface area contributed by atoms with E-state index >= 15 is 0 Å². The summed E-state index contributed by atoms with van der Waals surface area (Å²) in [6.07, 6.45) is 17.1. The molecule has 6 atom stereocenters. The van der Waals surface area contributed by atoms with Crippen molar-refractivity contribution in [1.82, 2.24) is 4.90 Å². The van der Waals surface area contributed by atoms with E-state index < -0.39 is 0 Å². The first-order chi connectivity index (χ1) is 13.8. The van der Waals surface area contributed by atoms with Crippen molar-refractivity contribution < 1.29 is 4.79 Å². The second-order valence-corrected chi connectivity index (χ2v) is 12.3. The number of nitrogens with zero attached hydrogens (tertiary/aromatic N) is 1. The molecule has 4 rings (SSSR count). The third-order valence-corrected chi connectivity index (χ3v) is 10.5. The summed E-state index contributed by atoms with van der Waals surface area (Å²) in [4.78, 5) is 16.2. The van der Waals surface area contributed by atoms with Gasteiger partial charge in [-0.2, -0.15) is 0 Å². The highest BCUT2D eigenvalue weighted by Gasteiger charge is 2.59. The molecule has 29 heavy (non-hydrogen) atoms. The molecule has 0 aromatic heterocycles. The van der Waals surface area contributed by atoms with E-state index in [0.717, 1.165) is 30.1 Å². The molecule has 4 fully saturated rings. The zero-order valence-electron chi connectivity index (χ0n) is 20.0. The lowest BCUT2D eigenvalue weighted by Crippen LogP contribution is -2.59. The Morgan fingerprint density at radius 1 is 0.897 bits per heavy atom.